The summed E-state index contributed by atoms with van der Waals surface area (Å²) in [6.07, 6.45) is -2.38. The molecule has 0 bridgehead atoms. The first-order chi connectivity index (χ1) is 7.84. The second-order valence-corrected chi connectivity index (χ2v) is 3.88. The van der Waals surface area contributed by atoms with Crippen molar-refractivity contribution in [2.75, 3.05) is 0 Å². The van der Waals surface area contributed by atoms with Gasteiger partial charge >= 0.3 is 6.18 Å². The van der Waals surface area contributed by atoms with Gasteiger partial charge < -0.3 is 5.11 Å². The van der Waals surface area contributed by atoms with Crippen LogP contribution >= 0.6 is 11.6 Å². The van der Waals surface area contributed by atoms with Gasteiger partial charge in [0.25, 0.3) is 0 Å². The van der Waals surface area contributed by atoms with Gasteiger partial charge in [-0.25, -0.2) is 0 Å². The van der Waals surface area contributed by atoms with E-state index in [4.69, 9.17) is 11.6 Å². The predicted octanol–water partition coefficient (Wildman–Crippen LogP) is 3.75. The summed E-state index contributed by atoms with van der Waals surface area (Å²) in [6.45, 7) is 1.71. The molecular weight excluding hydrogens is 253 g/mol. The topological polar surface area (TPSA) is 20.2 Å². The SMILES string of the molecule is CCC(O)/C(Cl)=[C]/c1cccc(C(F)(F)F)c1. The van der Waals surface area contributed by atoms with E-state index in [1.54, 1.807) is 6.92 Å². The second-order valence-electron chi connectivity index (χ2n) is 3.48. The Kier molecular flexibility index (Phi) is 4.60. The van der Waals surface area contributed by atoms with Crippen molar-refractivity contribution >= 4 is 11.6 Å². The van der Waals surface area contributed by atoms with Crippen molar-refractivity contribution < 1.29 is 18.3 Å². The number of benzene rings is 1. The average molecular weight is 264 g/mol. The summed E-state index contributed by atoms with van der Waals surface area (Å²) in [4.78, 5) is 0. The summed E-state index contributed by atoms with van der Waals surface area (Å²) < 4.78 is 37.2. The molecule has 17 heavy (non-hydrogen) atoms. The van der Waals surface area contributed by atoms with Gasteiger partial charge in [0.2, 0.25) is 0 Å². The molecule has 1 N–H and O–H groups in total. The fourth-order valence-corrected chi connectivity index (χ4v) is 1.44. The molecule has 0 aromatic heterocycles. The van der Waals surface area contributed by atoms with Crippen LogP contribution < -0.4 is 0 Å². The Hall–Kier alpha value is -1.00. The lowest BCUT2D eigenvalue weighted by Gasteiger charge is -2.08. The van der Waals surface area contributed by atoms with E-state index in [0.29, 0.717) is 6.42 Å². The molecule has 1 nitrogen and oxygen atoms in total. The molecule has 0 heterocycles. The molecule has 0 spiro atoms. The molecule has 93 valence electrons. The van der Waals surface area contributed by atoms with E-state index in [-0.39, 0.29) is 10.6 Å². The van der Waals surface area contributed by atoms with Gasteiger partial charge in [0.05, 0.1) is 16.7 Å². The van der Waals surface area contributed by atoms with E-state index in [2.05, 4.69) is 6.08 Å². The van der Waals surface area contributed by atoms with E-state index in [9.17, 15) is 18.3 Å². The number of alkyl halides is 3. The highest BCUT2D eigenvalue weighted by molar-refractivity contribution is 6.30. The van der Waals surface area contributed by atoms with Crippen LogP contribution in [-0.4, -0.2) is 11.2 Å². The van der Waals surface area contributed by atoms with Crippen molar-refractivity contribution in [2.45, 2.75) is 25.6 Å². The zero-order chi connectivity index (χ0) is 13.1. The smallest absolute Gasteiger partial charge is 0.387 e. The second kappa shape index (κ2) is 5.56. The maximum absolute atomic E-state index is 12.4. The fourth-order valence-electron chi connectivity index (χ4n) is 1.17. The average Bonchev–Trinajstić information content (AvgIpc) is 2.27. The summed E-state index contributed by atoms with van der Waals surface area (Å²) in [6, 6.07) is 4.62. The first-order valence-electron chi connectivity index (χ1n) is 4.99. The van der Waals surface area contributed by atoms with Crippen molar-refractivity contribution in [1.82, 2.24) is 0 Å². The molecule has 1 radical (unpaired) electrons. The molecule has 0 aliphatic heterocycles. The summed E-state index contributed by atoms with van der Waals surface area (Å²) in [5.74, 6) is 0. The monoisotopic (exact) mass is 263 g/mol. The van der Waals surface area contributed by atoms with Crippen molar-refractivity contribution in [1.29, 1.82) is 0 Å². The molecule has 0 fully saturated rings. The molecule has 0 amide bonds. The molecule has 0 aliphatic carbocycles. The largest absolute Gasteiger partial charge is 0.416 e. The van der Waals surface area contributed by atoms with Crippen molar-refractivity contribution in [3.05, 3.63) is 46.5 Å². The Bertz CT molecular complexity index is 412. The summed E-state index contributed by atoms with van der Waals surface area (Å²) in [5, 5.41) is 9.37. The highest BCUT2D eigenvalue weighted by atomic mass is 35.5. The van der Waals surface area contributed by atoms with E-state index < -0.39 is 17.8 Å². The number of hydrogen-bond donors (Lipinski definition) is 1. The van der Waals surface area contributed by atoms with E-state index in [0.717, 1.165) is 12.1 Å². The minimum absolute atomic E-state index is 0.00632. The molecule has 1 unspecified atom stereocenters. The molecule has 5 heteroatoms. The lowest BCUT2D eigenvalue weighted by Crippen LogP contribution is -2.06. The number of aliphatic hydroxyl groups is 1. The van der Waals surface area contributed by atoms with Crippen LogP contribution in [0.3, 0.4) is 0 Å². The normalized spacial score (nSPS) is 14.8. The van der Waals surface area contributed by atoms with Crippen molar-refractivity contribution in [3.8, 4) is 0 Å². The minimum atomic E-state index is -4.40. The number of hydrogen-bond acceptors (Lipinski definition) is 1. The Morgan fingerprint density at radius 1 is 1.47 bits per heavy atom. The number of aliphatic hydroxyl groups excluding tert-OH is 1. The van der Waals surface area contributed by atoms with E-state index >= 15 is 0 Å². The molecule has 1 rings (SSSR count). The summed E-state index contributed by atoms with van der Waals surface area (Å²) in [5.41, 5.74) is -0.574. The molecular formula is C12H11ClF3O. The maximum atomic E-state index is 12.4. The van der Waals surface area contributed by atoms with Crippen LogP contribution in [-0.2, 0) is 6.18 Å². The van der Waals surface area contributed by atoms with Gasteiger partial charge in [-0.3, -0.25) is 0 Å². The highest BCUT2D eigenvalue weighted by Gasteiger charge is 2.30. The van der Waals surface area contributed by atoms with Crippen LogP contribution in [0.15, 0.2) is 29.3 Å². The van der Waals surface area contributed by atoms with Crippen LogP contribution in [0.4, 0.5) is 13.2 Å². The van der Waals surface area contributed by atoms with Crippen LogP contribution in [0.1, 0.15) is 24.5 Å². The van der Waals surface area contributed by atoms with Gasteiger partial charge in [0.15, 0.2) is 0 Å². The standard InChI is InChI=1S/C12H11ClF3O/c1-2-11(17)10(13)7-8-4-3-5-9(6-8)12(14,15)16/h3-6,11,17H,2H2,1H3. The van der Waals surface area contributed by atoms with Crippen LogP contribution in [0.5, 0.6) is 0 Å². The first kappa shape index (κ1) is 14.1. The van der Waals surface area contributed by atoms with E-state index in [1.807, 2.05) is 0 Å². The number of rotatable bonds is 3. The molecule has 0 saturated heterocycles. The molecule has 0 aliphatic rings. The summed E-state index contributed by atoms with van der Waals surface area (Å²) in [7, 11) is 0. The zero-order valence-corrected chi connectivity index (χ0v) is 9.81. The van der Waals surface area contributed by atoms with Gasteiger partial charge in [0.1, 0.15) is 0 Å². The van der Waals surface area contributed by atoms with Crippen molar-refractivity contribution in [2.24, 2.45) is 0 Å². The summed E-state index contributed by atoms with van der Waals surface area (Å²) >= 11 is 5.71. The quantitative estimate of drug-likeness (QED) is 0.881. The van der Waals surface area contributed by atoms with E-state index in [1.165, 1.54) is 12.1 Å². The predicted molar refractivity (Wildman–Crippen MR) is 59.5 cm³/mol. The van der Waals surface area contributed by atoms with Gasteiger partial charge in [-0.05, 0) is 24.1 Å². The van der Waals surface area contributed by atoms with Crippen molar-refractivity contribution in [3.63, 3.8) is 0 Å². The van der Waals surface area contributed by atoms with Gasteiger partial charge in [-0.15, -0.1) is 0 Å². The first-order valence-corrected chi connectivity index (χ1v) is 5.37. The zero-order valence-electron chi connectivity index (χ0n) is 9.05. The molecule has 0 saturated carbocycles. The Morgan fingerprint density at radius 3 is 2.65 bits per heavy atom. The Balaban J connectivity index is 3.01. The molecule has 1 aromatic rings. The van der Waals surface area contributed by atoms with Gasteiger partial charge in [-0.1, -0.05) is 30.7 Å². The lowest BCUT2D eigenvalue weighted by atomic mass is 10.1. The Morgan fingerprint density at radius 2 is 2.12 bits per heavy atom. The lowest BCUT2D eigenvalue weighted by molar-refractivity contribution is -0.137. The third-order valence-electron chi connectivity index (χ3n) is 2.13. The van der Waals surface area contributed by atoms with Crippen LogP contribution in [0, 0.1) is 6.08 Å². The third kappa shape index (κ3) is 4.06. The molecule has 1 aromatic carbocycles. The van der Waals surface area contributed by atoms with Crippen LogP contribution in [0.25, 0.3) is 0 Å². The highest BCUT2D eigenvalue weighted by Crippen LogP contribution is 2.29. The fraction of sp³-hybridized carbons (Fsp3) is 0.333. The number of halogens is 4. The maximum Gasteiger partial charge on any atom is 0.416 e. The Labute approximate surface area is 103 Å². The van der Waals surface area contributed by atoms with Gasteiger partial charge in [0, 0.05) is 6.08 Å². The van der Waals surface area contributed by atoms with Gasteiger partial charge in [-0.2, -0.15) is 13.2 Å². The minimum Gasteiger partial charge on any atom is -0.387 e. The third-order valence-corrected chi connectivity index (χ3v) is 2.48. The molecule has 1 atom stereocenters. The van der Waals surface area contributed by atoms with Crippen LogP contribution in [0.2, 0.25) is 0 Å².